The van der Waals surface area contributed by atoms with Gasteiger partial charge in [-0.05, 0) is 46.7 Å². The molecule has 30 heavy (non-hydrogen) atoms. The zero-order chi connectivity index (χ0) is 22.1. The Kier molecular flexibility index (Phi) is 11.3. The van der Waals surface area contributed by atoms with Gasteiger partial charge in [0, 0.05) is 25.2 Å². The molecule has 172 valence electrons. The van der Waals surface area contributed by atoms with E-state index in [0.29, 0.717) is 5.75 Å². The van der Waals surface area contributed by atoms with E-state index in [4.69, 9.17) is 55.8 Å². The number of nitrogens with zero attached hydrogens (tertiary/aromatic N) is 3. The predicted octanol–water partition coefficient (Wildman–Crippen LogP) is 6.46. The summed E-state index contributed by atoms with van der Waals surface area (Å²) < 4.78 is 47.6. The highest BCUT2D eigenvalue weighted by atomic mass is 79.9. The molecule has 3 atom stereocenters. The molecule has 0 saturated heterocycles. The van der Waals surface area contributed by atoms with Crippen molar-refractivity contribution < 1.29 is 27.6 Å². The first-order valence-electron chi connectivity index (χ1n) is 8.65. The molecular formula is C14H24BrCl2N4O6P3. The van der Waals surface area contributed by atoms with Crippen LogP contribution in [-0.4, -0.2) is 53.8 Å². The van der Waals surface area contributed by atoms with Crippen LogP contribution in [0.1, 0.15) is 0 Å². The number of rotatable bonds is 13. The van der Waals surface area contributed by atoms with Crippen LogP contribution in [0.15, 0.2) is 42.3 Å². The maximum absolute atomic E-state index is 6.74. The van der Waals surface area contributed by atoms with Crippen molar-refractivity contribution in [1.29, 1.82) is 0 Å². The highest BCUT2D eigenvalue weighted by Crippen LogP contribution is 2.82. The van der Waals surface area contributed by atoms with Crippen molar-refractivity contribution >= 4 is 59.6 Å². The zero-order valence-corrected chi connectivity index (χ0v) is 22.2. The number of hydrogen-bond donors (Lipinski definition) is 1. The molecule has 0 bridgehead atoms. The van der Waals surface area contributed by atoms with Crippen molar-refractivity contribution in [1.82, 2.24) is 0 Å². The summed E-state index contributed by atoms with van der Waals surface area (Å²) in [6.07, 6.45) is 0. The fourth-order valence-corrected chi connectivity index (χ4v) is 13.9. The highest BCUT2D eigenvalue weighted by molar-refractivity contribution is 9.10. The molecule has 0 amide bonds. The predicted molar refractivity (Wildman–Crippen MR) is 125 cm³/mol. The van der Waals surface area contributed by atoms with Gasteiger partial charge < -0.3 is 33.3 Å². The van der Waals surface area contributed by atoms with E-state index in [1.54, 1.807) is 31.4 Å². The fourth-order valence-electron chi connectivity index (χ4n) is 1.97. The maximum Gasteiger partial charge on any atom is 0.353 e. The topological polar surface area (TPSA) is 118 Å². The Balaban J connectivity index is 2.50. The van der Waals surface area contributed by atoms with Gasteiger partial charge in [-0.1, -0.05) is 15.9 Å². The van der Waals surface area contributed by atoms with E-state index in [2.05, 4.69) is 29.5 Å². The molecule has 0 saturated carbocycles. The first-order chi connectivity index (χ1) is 14.3. The third-order valence-corrected chi connectivity index (χ3v) is 14.0. The summed E-state index contributed by atoms with van der Waals surface area (Å²) in [5.74, 6) is 0.449. The average Bonchev–Trinajstić information content (AvgIpc) is 2.68. The Morgan fingerprint density at radius 1 is 0.833 bits per heavy atom. The van der Waals surface area contributed by atoms with Gasteiger partial charge in [0.1, 0.15) is 5.75 Å². The molecule has 0 aliphatic carbocycles. The lowest BCUT2D eigenvalue weighted by atomic mass is 10.3. The minimum Gasteiger partial charge on any atom is -0.431 e. The molecule has 1 aromatic rings. The molecule has 0 fully saturated rings. The first kappa shape index (κ1) is 26.8. The second kappa shape index (κ2) is 12.7. The van der Waals surface area contributed by atoms with Gasteiger partial charge in [0.25, 0.3) is 0 Å². The molecule has 1 aliphatic rings. The zero-order valence-electron chi connectivity index (χ0n) is 16.4. The number of nitrogens with two attached hydrogens (primary N) is 1. The third-order valence-electron chi connectivity index (χ3n) is 3.17. The number of benzene rings is 1. The van der Waals surface area contributed by atoms with E-state index < -0.39 is 21.2 Å². The van der Waals surface area contributed by atoms with Crippen LogP contribution >= 0.6 is 59.6 Å². The molecule has 0 aromatic heterocycles. The summed E-state index contributed by atoms with van der Waals surface area (Å²) >= 11 is 16.8. The minimum absolute atomic E-state index is 0.123. The second-order valence-electron chi connectivity index (χ2n) is 5.52. The molecule has 1 heterocycles. The Bertz CT molecular complexity index is 861. The summed E-state index contributed by atoms with van der Waals surface area (Å²) in [6, 6.07) is 7.04. The van der Waals surface area contributed by atoms with Crippen molar-refractivity contribution in [3.8, 4) is 5.75 Å². The van der Waals surface area contributed by atoms with E-state index in [1.807, 2.05) is 0 Å². The monoisotopic (exact) mass is 586 g/mol. The summed E-state index contributed by atoms with van der Waals surface area (Å²) in [7, 11) is -0.260. The van der Waals surface area contributed by atoms with Crippen LogP contribution in [0.25, 0.3) is 0 Å². The first-order valence-corrected chi connectivity index (χ1v) is 16.0. The standard InChI is InChI=1S/C14H24BrCl2N4O6P3/c1-22-9-11-24-28(16)19-29(17,27-14-5-3-13(15)4-6-14)21-30(20-28,25-8-7-18)26-12-10-23-2/h3-6H,7-12,18H2,1-2H3. The van der Waals surface area contributed by atoms with Crippen molar-refractivity contribution in [2.75, 3.05) is 53.8 Å². The molecule has 2 N–H and O–H groups in total. The minimum atomic E-state index is -3.40. The van der Waals surface area contributed by atoms with E-state index in [-0.39, 0.29) is 39.6 Å². The largest absolute Gasteiger partial charge is 0.431 e. The Labute approximate surface area is 194 Å². The SMILES string of the molecule is COCCOP1(Cl)=NP(OCCN)(OCCOC)=NP(Cl)(Oc2ccc(Br)cc2)=N1. The summed E-state index contributed by atoms with van der Waals surface area (Å²) in [5, 5.41) is 0. The smallest absolute Gasteiger partial charge is 0.353 e. The van der Waals surface area contributed by atoms with E-state index in [0.717, 1.165) is 4.47 Å². The van der Waals surface area contributed by atoms with Gasteiger partial charge in [0.2, 0.25) is 0 Å². The van der Waals surface area contributed by atoms with Gasteiger partial charge >= 0.3 is 21.2 Å². The van der Waals surface area contributed by atoms with Gasteiger partial charge in [-0.2, -0.15) is 9.03 Å². The van der Waals surface area contributed by atoms with Crippen LogP contribution in [0.2, 0.25) is 0 Å². The maximum atomic E-state index is 6.74. The van der Waals surface area contributed by atoms with Crippen molar-refractivity contribution in [3.63, 3.8) is 0 Å². The molecule has 2 rings (SSSR count). The van der Waals surface area contributed by atoms with Crippen molar-refractivity contribution in [2.45, 2.75) is 0 Å². The quantitative estimate of drug-likeness (QED) is 0.208. The van der Waals surface area contributed by atoms with Crippen molar-refractivity contribution in [2.24, 2.45) is 19.3 Å². The number of ether oxygens (including phenoxy) is 2. The molecule has 0 spiro atoms. The molecule has 10 nitrogen and oxygen atoms in total. The van der Waals surface area contributed by atoms with Gasteiger partial charge in [0.15, 0.2) is 0 Å². The van der Waals surface area contributed by atoms with Gasteiger partial charge in [0.05, 0.1) is 33.0 Å². The Morgan fingerprint density at radius 3 is 2.03 bits per heavy atom. The van der Waals surface area contributed by atoms with Crippen LogP contribution in [0.4, 0.5) is 0 Å². The van der Waals surface area contributed by atoms with Crippen LogP contribution < -0.4 is 10.3 Å². The summed E-state index contributed by atoms with van der Waals surface area (Å²) in [6.45, 7) is -5.51. The molecule has 1 aliphatic heterocycles. The molecule has 3 unspecified atom stereocenters. The molecule has 0 radical (unpaired) electrons. The van der Waals surface area contributed by atoms with Gasteiger partial charge in [-0.25, -0.2) is 0 Å². The lowest BCUT2D eigenvalue weighted by molar-refractivity contribution is 0.138. The van der Waals surface area contributed by atoms with Crippen LogP contribution in [0.5, 0.6) is 5.75 Å². The average molecular weight is 588 g/mol. The van der Waals surface area contributed by atoms with Crippen molar-refractivity contribution in [3.05, 3.63) is 28.7 Å². The van der Waals surface area contributed by atoms with E-state index >= 15 is 0 Å². The van der Waals surface area contributed by atoms with Gasteiger partial charge in [-0.3, -0.25) is 0 Å². The van der Waals surface area contributed by atoms with Crippen LogP contribution in [0, 0.1) is 0 Å². The number of methoxy groups -OCH3 is 2. The number of hydrogen-bond acceptors (Lipinski definition) is 10. The van der Waals surface area contributed by atoms with Crippen LogP contribution in [-0.2, 0) is 23.0 Å². The second-order valence-corrected chi connectivity index (χ2v) is 15.1. The molecular weight excluding hydrogens is 564 g/mol. The van der Waals surface area contributed by atoms with E-state index in [1.165, 1.54) is 7.11 Å². The number of halogens is 3. The molecule has 16 heteroatoms. The van der Waals surface area contributed by atoms with E-state index in [9.17, 15) is 0 Å². The lowest BCUT2D eigenvalue weighted by Gasteiger charge is -2.29. The Morgan fingerprint density at radius 2 is 1.43 bits per heavy atom. The third kappa shape index (κ3) is 8.47. The lowest BCUT2D eigenvalue weighted by Crippen LogP contribution is -2.10. The normalized spacial score (nSPS) is 28.3. The summed E-state index contributed by atoms with van der Waals surface area (Å²) in [5.41, 5.74) is 5.61. The Hall–Kier alpha value is 0.530. The summed E-state index contributed by atoms with van der Waals surface area (Å²) in [4.78, 5) is 0. The highest BCUT2D eigenvalue weighted by Gasteiger charge is 2.40. The van der Waals surface area contributed by atoms with Gasteiger partial charge in [-0.15, -0.1) is 4.52 Å². The molecule has 1 aromatic carbocycles. The van der Waals surface area contributed by atoms with Crippen LogP contribution in [0.3, 0.4) is 0 Å². The fraction of sp³-hybridized carbons (Fsp3) is 0.571.